The summed E-state index contributed by atoms with van der Waals surface area (Å²) >= 11 is 0. The van der Waals surface area contributed by atoms with E-state index in [1.165, 1.54) is 29.3 Å². The number of non-ortho nitro benzene ring substituents is 1. The molecule has 38 heavy (non-hydrogen) atoms. The van der Waals surface area contributed by atoms with Gasteiger partial charge in [-0.1, -0.05) is 39.8 Å². The molecule has 1 atom stereocenters. The highest BCUT2D eigenvalue weighted by atomic mass is 28.4. The van der Waals surface area contributed by atoms with Crippen LogP contribution in [0.1, 0.15) is 46.1 Å². The van der Waals surface area contributed by atoms with Crippen LogP contribution in [0.2, 0.25) is 18.1 Å². The minimum Gasteiger partial charge on any atom is -0.417 e. The average molecular weight is 541 g/mol. The Balaban J connectivity index is 1.59. The first-order chi connectivity index (χ1) is 17.8. The molecule has 2 amide bonds. The number of hydrogen-bond donors (Lipinski definition) is 1. The quantitative estimate of drug-likeness (QED) is 0.175. The zero-order chi connectivity index (χ0) is 28.1. The number of nitrogens with one attached hydrogen (secondary N) is 1. The predicted molar refractivity (Wildman–Crippen MR) is 149 cm³/mol. The second kappa shape index (κ2) is 11.9. The zero-order valence-corrected chi connectivity index (χ0v) is 23.8. The van der Waals surface area contributed by atoms with Crippen molar-refractivity contribution in [2.75, 3.05) is 18.5 Å². The number of carbonyl (C=O) groups is 2. The van der Waals surface area contributed by atoms with Crippen LogP contribution in [-0.4, -0.2) is 49.1 Å². The lowest BCUT2D eigenvalue weighted by molar-refractivity contribution is -0.384. The van der Waals surface area contributed by atoms with Crippen molar-refractivity contribution >= 4 is 37.4 Å². The molecule has 0 bridgehead atoms. The Kier molecular flexibility index (Phi) is 9.05. The molecule has 2 aromatic rings. The van der Waals surface area contributed by atoms with Crippen molar-refractivity contribution < 1.29 is 23.7 Å². The van der Waals surface area contributed by atoms with Gasteiger partial charge < -0.3 is 9.16 Å². The Hall–Kier alpha value is -3.57. The lowest BCUT2D eigenvalue weighted by Gasteiger charge is -2.36. The summed E-state index contributed by atoms with van der Waals surface area (Å²) in [4.78, 5) is 35.0. The van der Waals surface area contributed by atoms with E-state index in [1.54, 1.807) is 12.1 Å². The summed E-state index contributed by atoms with van der Waals surface area (Å²) < 4.78 is 11.4. The van der Waals surface area contributed by atoms with E-state index >= 15 is 0 Å². The number of amides is 2. The van der Waals surface area contributed by atoms with Crippen molar-refractivity contribution in [3.05, 3.63) is 64.2 Å². The molecule has 0 radical (unpaired) electrons. The molecule has 3 rings (SSSR count). The minimum atomic E-state index is -1.83. The second-order valence-corrected chi connectivity index (χ2v) is 15.7. The molecule has 10 nitrogen and oxygen atoms in total. The number of ether oxygens (including phenoxy) is 1. The fraction of sp³-hybridized carbons (Fsp3) is 0.444. The van der Waals surface area contributed by atoms with E-state index < -0.39 is 19.3 Å². The van der Waals surface area contributed by atoms with Gasteiger partial charge in [-0.15, -0.1) is 0 Å². The van der Waals surface area contributed by atoms with Gasteiger partial charge in [0.25, 0.3) is 5.69 Å². The molecule has 0 saturated heterocycles. The van der Waals surface area contributed by atoms with Gasteiger partial charge in [-0.3, -0.25) is 20.2 Å². The summed E-state index contributed by atoms with van der Waals surface area (Å²) in [7, 11) is -1.83. The molecule has 1 heterocycles. The Morgan fingerprint density at radius 2 is 1.79 bits per heavy atom. The van der Waals surface area contributed by atoms with E-state index in [2.05, 4.69) is 44.3 Å². The topological polar surface area (TPSA) is 123 Å². The van der Waals surface area contributed by atoms with Crippen molar-refractivity contribution in [1.82, 2.24) is 5.01 Å². The number of anilines is 1. The van der Waals surface area contributed by atoms with Gasteiger partial charge in [0.1, 0.15) is 5.75 Å². The molecule has 1 unspecified atom stereocenters. The molecule has 0 aliphatic carbocycles. The highest BCUT2D eigenvalue weighted by Crippen LogP contribution is 2.36. The summed E-state index contributed by atoms with van der Waals surface area (Å²) in [5, 5.41) is 19.7. The normalized spacial score (nSPS) is 16.2. The van der Waals surface area contributed by atoms with Crippen molar-refractivity contribution in [2.45, 2.75) is 58.7 Å². The summed E-state index contributed by atoms with van der Waals surface area (Å²) in [5.74, 6) is 0.156. The van der Waals surface area contributed by atoms with Gasteiger partial charge in [0.15, 0.2) is 8.32 Å². The van der Waals surface area contributed by atoms with Crippen LogP contribution >= 0.6 is 0 Å². The zero-order valence-electron chi connectivity index (χ0n) is 22.8. The first kappa shape index (κ1) is 29.0. The maximum Gasteiger partial charge on any atom is 0.417 e. The van der Waals surface area contributed by atoms with E-state index in [9.17, 15) is 19.7 Å². The molecule has 0 fully saturated rings. The Morgan fingerprint density at radius 3 is 2.37 bits per heavy atom. The Labute approximate surface area is 224 Å². The molecule has 2 aromatic carbocycles. The SMILES string of the molecule is CC1CC(=O)N(CCCO[Si](C)(C)C(C)(C)C)N=C1c1ccc(NC(=O)Oc2ccc([N+](=O)[O-])cc2)cc1. The third-order valence-corrected chi connectivity index (χ3v) is 11.5. The van der Waals surface area contributed by atoms with E-state index in [4.69, 9.17) is 9.16 Å². The fourth-order valence-corrected chi connectivity index (χ4v) is 4.72. The summed E-state index contributed by atoms with van der Waals surface area (Å²) in [5.41, 5.74) is 2.10. The van der Waals surface area contributed by atoms with Gasteiger partial charge in [-0.2, -0.15) is 5.10 Å². The van der Waals surface area contributed by atoms with Gasteiger partial charge in [-0.05, 0) is 54.4 Å². The molecule has 0 aromatic heterocycles. The molecule has 1 N–H and O–H groups in total. The van der Waals surface area contributed by atoms with Gasteiger partial charge >= 0.3 is 6.09 Å². The van der Waals surface area contributed by atoms with Crippen LogP contribution in [0.4, 0.5) is 16.2 Å². The average Bonchev–Trinajstić information content (AvgIpc) is 2.83. The number of hydrazone groups is 1. The Bertz CT molecular complexity index is 1190. The van der Waals surface area contributed by atoms with Crippen LogP contribution in [0, 0.1) is 16.0 Å². The number of carbonyl (C=O) groups excluding carboxylic acids is 2. The molecule has 0 spiro atoms. The minimum absolute atomic E-state index is 0.000790. The van der Waals surface area contributed by atoms with Crippen molar-refractivity contribution in [1.29, 1.82) is 0 Å². The number of rotatable bonds is 9. The van der Waals surface area contributed by atoms with Crippen LogP contribution in [0.3, 0.4) is 0 Å². The number of nitrogens with zero attached hydrogens (tertiary/aromatic N) is 3. The maximum absolute atomic E-state index is 12.6. The number of hydrogen-bond acceptors (Lipinski definition) is 7. The predicted octanol–water partition coefficient (Wildman–Crippen LogP) is 6.19. The van der Waals surface area contributed by atoms with Crippen molar-refractivity contribution in [2.24, 2.45) is 11.0 Å². The summed E-state index contributed by atoms with van der Waals surface area (Å²) in [6, 6.07) is 12.4. The molecular formula is C27H36N4O6Si. The van der Waals surface area contributed by atoms with E-state index in [-0.39, 0.29) is 28.3 Å². The monoisotopic (exact) mass is 540 g/mol. The second-order valence-electron chi connectivity index (χ2n) is 10.9. The highest BCUT2D eigenvalue weighted by molar-refractivity contribution is 6.74. The van der Waals surface area contributed by atoms with E-state index in [0.29, 0.717) is 31.7 Å². The molecule has 0 saturated carbocycles. The first-order valence-electron chi connectivity index (χ1n) is 12.6. The number of benzene rings is 2. The van der Waals surface area contributed by atoms with E-state index in [0.717, 1.165) is 11.3 Å². The van der Waals surface area contributed by atoms with Crippen molar-refractivity contribution in [3.8, 4) is 5.75 Å². The van der Waals surface area contributed by atoms with Gasteiger partial charge in [0.2, 0.25) is 5.91 Å². The van der Waals surface area contributed by atoms with Crippen LogP contribution in [0.5, 0.6) is 5.75 Å². The van der Waals surface area contributed by atoms with Gasteiger partial charge in [-0.25, -0.2) is 9.80 Å². The molecular weight excluding hydrogens is 504 g/mol. The summed E-state index contributed by atoms with van der Waals surface area (Å²) in [6.45, 7) is 14.1. The Morgan fingerprint density at radius 1 is 1.16 bits per heavy atom. The molecule has 1 aliphatic rings. The highest BCUT2D eigenvalue weighted by Gasteiger charge is 2.37. The smallest absolute Gasteiger partial charge is 0.417 e. The lowest BCUT2D eigenvalue weighted by Crippen LogP contribution is -2.41. The van der Waals surface area contributed by atoms with Crippen LogP contribution in [0.15, 0.2) is 53.6 Å². The lowest BCUT2D eigenvalue weighted by atomic mass is 9.93. The molecule has 11 heteroatoms. The van der Waals surface area contributed by atoms with Gasteiger partial charge in [0, 0.05) is 43.3 Å². The maximum atomic E-state index is 12.6. The molecule has 204 valence electrons. The first-order valence-corrected chi connectivity index (χ1v) is 15.5. The van der Waals surface area contributed by atoms with Crippen LogP contribution < -0.4 is 10.1 Å². The van der Waals surface area contributed by atoms with E-state index in [1.807, 2.05) is 19.1 Å². The van der Waals surface area contributed by atoms with Crippen LogP contribution in [0.25, 0.3) is 0 Å². The number of nitro groups is 1. The third kappa shape index (κ3) is 7.48. The van der Waals surface area contributed by atoms with Crippen molar-refractivity contribution in [3.63, 3.8) is 0 Å². The third-order valence-electron chi connectivity index (χ3n) is 6.93. The summed E-state index contributed by atoms with van der Waals surface area (Å²) in [6.07, 6.45) is 0.374. The number of nitro benzene ring substituents is 1. The standard InChI is InChI=1S/C27H36N4O6Si/c1-19-18-24(32)30(16-7-17-36-38(5,6)27(2,3)4)29-25(19)20-8-10-21(11-9-20)28-26(33)37-23-14-12-22(13-15-23)31(34)35/h8-15,19H,7,16-18H2,1-6H3,(H,28,33). The largest absolute Gasteiger partial charge is 0.417 e. The fourth-order valence-electron chi connectivity index (χ4n) is 3.63. The molecule has 1 aliphatic heterocycles. The van der Waals surface area contributed by atoms with Gasteiger partial charge in [0.05, 0.1) is 10.6 Å². The van der Waals surface area contributed by atoms with Crippen LogP contribution in [-0.2, 0) is 9.22 Å².